The number of aromatic nitrogens is 1. The molecule has 1 heterocycles. The molecule has 1 aromatic heterocycles. The molecule has 3 aromatic rings. The monoisotopic (exact) mass is 354 g/mol. The van der Waals surface area contributed by atoms with Crippen molar-refractivity contribution in [1.29, 1.82) is 0 Å². The highest BCUT2D eigenvalue weighted by Gasteiger charge is 2.12. The van der Waals surface area contributed by atoms with Gasteiger partial charge in [0.2, 0.25) is 0 Å². The van der Waals surface area contributed by atoms with Crippen LogP contribution in [-0.2, 0) is 6.54 Å². The highest BCUT2D eigenvalue weighted by molar-refractivity contribution is 7.16. The summed E-state index contributed by atoms with van der Waals surface area (Å²) in [6.07, 6.45) is 0. The van der Waals surface area contributed by atoms with E-state index in [2.05, 4.69) is 11.9 Å². The van der Waals surface area contributed by atoms with Crippen molar-refractivity contribution in [2.45, 2.75) is 34.2 Å². The molecule has 0 aliphatic carbocycles. The predicted octanol–water partition coefficient (Wildman–Crippen LogP) is 4.48. The van der Waals surface area contributed by atoms with Gasteiger partial charge in [0.05, 0.1) is 11.3 Å². The number of carbonyl (C=O) groups excluding carboxylic acids is 1. The van der Waals surface area contributed by atoms with Gasteiger partial charge in [-0.2, -0.15) is 4.99 Å². The molecule has 0 saturated heterocycles. The number of ether oxygens (including phenoxy) is 1. The molecular formula is C20H22N2O2S. The smallest absolute Gasteiger partial charge is 0.279 e. The summed E-state index contributed by atoms with van der Waals surface area (Å²) >= 11 is 1.51. The first-order chi connectivity index (χ1) is 12.0. The first-order valence-electron chi connectivity index (χ1n) is 8.46. The highest BCUT2D eigenvalue weighted by Crippen LogP contribution is 2.27. The Bertz CT molecular complexity index is 999. The van der Waals surface area contributed by atoms with Crippen molar-refractivity contribution in [3.05, 3.63) is 57.9 Å². The van der Waals surface area contributed by atoms with Gasteiger partial charge in [0.25, 0.3) is 5.91 Å². The zero-order valence-electron chi connectivity index (χ0n) is 15.0. The van der Waals surface area contributed by atoms with Crippen molar-refractivity contribution in [1.82, 2.24) is 4.57 Å². The molecule has 3 rings (SSSR count). The normalized spacial score (nSPS) is 11.9. The lowest BCUT2D eigenvalue weighted by atomic mass is 10.1. The molecule has 0 atom stereocenters. The van der Waals surface area contributed by atoms with Gasteiger partial charge >= 0.3 is 0 Å². The third kappa shape index (κ3) is 3.37. The van der Waals surface area contributed by atoms with Crippen molar-refractivity contribution in [2.75, 3.05) is 6.61 Å². The fourth-order valence-corrected chi connectivity index (χ4v) is 3.88. The molecule has 25 heavy (non-hydrogen) atoms. The number of nitrogens with zero attached hydrogens (tertiary/aromatic N) is 2. The van der Waals surface area contributed by atoms with Gasteiger partial charge in [-0.15, -0.1) is 0 Å². The molecule has 0 bridgehead atoms. The van der Waals surface area contributed by atoms with E-state index in [0.29, 0.717) is 17.0 Å². The average molecular weight is 354 g/mol. The number of amides is 1. The molecule has 130 valence electrons. The second-order valence-electron chi connectivity index (χ2n) is 5.88. The van der Waals surface area contributed by atoms with Crippen LogP contribution in [0.3, 0.4) is 0 Å². The lowest BCUT2D eigenvalue weighted by molar-refractivity contribution is 0.0997. The van der Waals surface area contributed by atoms with Gasteiger partial charge in [-0.05, 0) is 63.1 Å². The first kappa shape index (κ1) is 17.4. The molecule has 0 saturated carbocycles. The molecule has 2 aromatic carbocycles. The second-order valence-corrected chi connectivity index (χ2v) is 6.89. The van der Waals surface area contributed by atoms with Crippen LogP contribution >= 0.6 is 11.3 Å². The van der Waals surface area contributed by atoms with Crippen LogP contribution in [-0.4, -0.2) is 17.1 Å². The predicted molar refractivity (Wildman–Crippen MR) is 102 cm³/mol. The maximum atomic E-state index is 12.6. The summed E-state index contributed by atoms with van der Waals surface area (Å²) in [7, 11) is 0. The van der Waals surface area contributed by atoms with Crippen molar-refractivity contribution in [2.24, 2.45) is 4.99 Å². The highest BCUT2D eigenvalue weighted by atomic mass is 32.1. The van der Waals surface area contributed by atoms with Gasteiger partial charge in [0.15, 0.2) is 4.80 Å². The Balaban J connectivity index is 2.14. The Kier molecular flexibility index (Phi) is 5.04. The molecular weight excluding hydrogens is 332 g/mol. The minimum Gasteiger partial charge on any atom is -0.492 e. The number of hydrogen-bond donors (Lipinski definition) is 0. The minimum atomic E-state index is -0.213. The van der Waals surface area contributed by atoms with E-state index in [1.165, 1.54) is 16.9 Å². The number of fused-ring (bicyclic) bond motifs is 1. The molecule has 0 fully saturated rings. The molecule has 0 radical (unpaired) electrons. The summed E-state index contributed by atoms with van der Waals surface area (Å²) in [6, 6.07) is 11.7. The van der Waals surface area contributed by atoms with Crippen LogP contribution in [0.4, 0.5) is 0 Å². The van der Waals surface area contributed by atoms with Crippen LogP contribution in [0, 0.1) is 13.8 Å². The zero-order valence-corrected chi connectivity index (χ0v) is 15.8. The fraction of sp³-hybridized carbons (Fsp3) is 0.300. The summed E-state index contributed by atoms with van der Waals surface area (Å²) in [5.74, 6) is 0.619. The Hall–Kier alpha value is -2.40. The van der Waals surface area contributed by atoms with E-state index in [1.807, 2.05) is 61.7 Å². The number of hydrogen-bond acceptors (Lipinski definition) is 3. The van der Waals surface area contributed by atoms with Crippen molar-refractivity contribution in [3.63, 3.8) is 0 Å². The van der Waals surface area contributed by atoms with Gasteiger partial charge in [-0.3, -0.25) is 4.79 Å². The molecule has 0 N–H and O–H groups in total. The van der Waals surface area contributed by atoms with Crippen LogP contribution in [0.1, 0.15) is 35.3 Å². The number of rotatable bonds is 4. The average Bonchev–Trinajstić information content (AvgIpc) is 2.95. The van der Waals surface area contributed by atoms with Gasteiger partial charge in [-0.25, -0.2) is 0 Å². The maximum Gasteiger partial charge on any atom is 0.279 e. The standard InChI is InChI=1S/C20H22N2O2S/c1-5-22-18-16(24-6-2)8-7-9-17(18)25-20(22)21-19(23)15-11-10-13(3)14(4)12-15/h7-12H,5-6H2,1-4H3. The lowest BCUT2D eigenvalue weighted by Gasteiger charge is -2.07. The van der Waals surface area contributed by atoms with Gasteiger partial charge in [0.1, 0.15) is 11.3 Å². The summed E-state index contributed by atoms with van der Waals surface area (Å²) in [5, 5.41) is 0. The van der Waals surface area contributed by atoms with E-state index in [0.717, 1.165) is 28.1 Å². The summed E-state index contributed by atoms with van der Waals surface area (Å²) in [5.41, 5.74) is 3.89. The number of para-hydroxylation sites is 1. The van der Waals surface area contributed by atoms with Crippen molar-refractivity contribution < 1.29 is 9.53 Å². The third-order valence-corrected chi connectivity index (χ3v) is 5.27. The Morgan fingerprint density at radius 2 is 1.96 bits per heavy atom. The van der Waals surface area contributed by atoms with Gasteiger partial charge in [-0.1, -0.05) is 23.5 Å². The van der Waals surface area contributed by atoms with Crippen molar-refractivity contribution in [3.8, 4) is 5.75 Å². The molecule has 0 unspecified atom stereocenters. The number of aryl methyl sites for hydroxylation is 3. The van der Waals surface area contributed by atoms with Crippen LogP contribution in [0.15, 0.2) is 41.4 Å². The topological polar surface area (TPSA) is 43.6 Å². The van der Waals surface area contributed by atoms with E-state index in [1.54, 1.807) is 0 Å². The van der Waals surface area contributed by atoms with Gasteiger partial charge < -0.3 is 9.30 Å². The lowest BCUT2D eigenvalue weighted by Crippen LogP contribution is -2.16. The largest absolute Gasteiger partial charge is 0.492 e. The summed E-state index contributed by atoms with van der Waals surface area (Å²) < 4.78 is 8.87. The number of carbonyl (C=O) groups is 1. The summed E-state index contributed by atoms with van der Waals surface area (Å²) in [4.78, 5) is 17.7. The minimum absolute atomic E-state index is 0.213. The fourth-order valence-electron chi connectivity index (χ4n) is 2.77. The maximum absolute atomic E-state index is 12.6. The Morgan fingerprint density at radius 1 is 1.16 bits per heavy atom. The number of benzene rings is 2. The van der Waals surface area contributed by atoms with Crippen LogP contribution in [0.2, 0.25) is 0 Å². The Labute approximate surface area is 151 Å². The zero-order chi connectivity index (χ0) is 18.0. The van der Waals surface area contributed by atoms with Crippen LogP contribution in [0.5, 0.6) is 5.75 Å². The molecule has 0 spiro atoms. The molecule has 0 aliphatic heterocycles. The van der Waals surface area contributed by atoms with Crippen LogP contribution in [0.25, 0.3) is 10.2 Å². The van der Waals surface area contributed by atoms with Crippen molar-refractivity contribution >= 4 is 27.5 Å². The van der Waals surface area contributed by atoms with E-state index < -0.39 is 0 Å². The van der Waals surface area contributed by atoms with E-state index in [9.17, 15) is 4.79 Å². The quantitative estimate of drug-likeness (QED) is 0.693. The molecule has 1 amide bonds. The van der Waals surface area contributed by atoms with Crippen LogP contribution < -0.4 is 9.54 Å². The molecule has 5 heteroatoms. The van der Waals surface area contributed by atoms with E-state index >= 15 is 0 Å². The number of thiazole rings is 1. The molecule has 0 aliphatic rings. The SMILES string of the molecule is CCOc1cccc2sc(=NC(=O)c3ccc(C)c(C)c3)n(CC)c12. The third-order valence-electron chi connectivity index (χ3n) is 4.23. The first-order valence-corrected chi connectivity index (χ1v) is 9.28. The molecule has 4 nitrogen and oxygen atoms in total. The Morgan fingerprint density at radius 3 is 2.64 bits per heavy atom. The summed E-state index contributed by atoms with van der Waals surface area (Å²) in [6.45, 7) is 9.39. The van der Waals surface area contributed by atoms with E-state index in [-0.39, 0.29) is 5.91 Å². The second kappa shape index (κ2) is 7.23. The van der Waals surface area contributed by atoms with Gasteiger partial charge in [0, 0.05) is 12.1 Å². The van der Waals surface area contributed by atoms with E-state index in [4.69, 9.17) is 4.74 Å².